The van der Waals surface area contributed by atoms with E-state index in [0.29, 0.717) is 6.42 Å². The van der Waals surface area contributed by atoms with Crippen molar-refractivity contribution in [3.63, 3.8) is 0 Å². The van der Waals surface area contributed by atoms with Gasteiger partial charge in [0.15, 0.2) is 0 Å². The van der Waals surface area contributed by atoms with Gasteiger partial charge in [-0.1, -0.05) is 56.5 Å². The smallest absolute Gasteiger partial charge is 0.333 e. The molecule has 0 N–H and O–H groups in total. The fraction of sp³-hybridized carbons (Fsp3) is 0.438. The van der Waals surface area contributed by atoms with Crippen LogP contribution in [0.25, 0.3) is 0 Å². The van der Waals surface area contributed by atoms with Gasteiger partial charge in [0, 0.05) is 0 Å². The summed E-state index contributed by atoms with van der Waals surface area (Å²) in [5.74, 6) is -1.01. The Morgan fingerprint density at radius 3 is 2.63 bits per heavy atom. The molecule has 104 valence electrons. The molecule has 1 aromatic carbocycles. The Labute approximate surface area is 114 Å². The molecule has 0 saturated carbocycles. The number of esters is 1. The van der Waals surface area contributed by atoms with E-state index < -0.39 is 11.8 Å². The number of halogens is 1. The highest BCUT2D eigenvalue weighted by atomic mass is 19.1. The van der Waals surface area contributed by atoms with Crippen molar-refractivity contribution >= 4 is 5.97 Å². The van der Waals surface area contributed by atoms with Gasteiger partial charge >= 0.3 is 5.97 Å². The molecule has 1 rings (SSSR count). The second-order valence-electron chi connectivity index (χ2n) is 4.50. The number of allylic oxidation sites excluding steroid dienone is 1. The Kier molecular flexibility index (Phi) is 7.56. The molecule has 0 aliphatic rings. The number of ether oxygens (including phenoxy) is 1. The number of hydrogen-bond donors (Lipinski definition) is 0. The Morgan fingerprint density at radius 1 is 1.21 bits per heavy atom. The molecule has 0 aliphatic carbocycles. The molecule has 0 aromatic heterocycles. The van der Waals surface area contributed by atoms with Crippen molar-refractivity contribution in [3.05, 3.63) is 47.8 Å². The van der Waals surface area contributed by atoms with Gasteiger partial charge in [-0.25, -0.2) is 9.18 Å². The molecule has 0 radical (unpaired) electrons. The van der Waals surface area contributed by atoms with Crippen LogP contribution in [-0.2, 0) is 16.1 Å². The van der Waals surface area contributed by atoms with Crippen LogP contribution in [0.15, 0.2) is 42.2 Å². The second kappa shape index (κ2) is 9.31. The van der Waals surface area contributed by atoms with Gasteiger partial charge in [0.2, 0.25) is 0 Å². The molecule has 0 spiro atoms. The predicted molar refractivity (Wildman–Crippen MR) is 74.2 cm³/mol. The number of benzene rings is 1. The Balaban J connectivity index is 2.25. The van der Waals surface area contributed by atoms with E-state index in [0.717, 1.165) is 37.3 Å². The summed E-state index contributed by atoms with van der Waals surface area (Å²) in [5, 5.41) is 0. The van der Waals surface area contributed by atoms with Crippen LogP contribution in [0, 0.1) is 0 Å². The largest absolute Gasteiger partial charge is 0.458 e. The maximum Gasteiger partial charge on any atom is 0.333 e. The minimum absolute atomic E-state index is 0.180. The van der Waals surface area contributed by atoms with Crippen LogP contribution >= 0.6 is 0 Å². The second-order valence-corrected chi connectivity index (χ2v) is 4.50. The molecule has 0 aliphatic heterocycles. The Morgan fingerprint density at radius 2 is 1.95 bits per heavy atom. The van der Waals surface area contributed by atoms with Gasteiger partial charge in [-0.15, -0.1) is 0 Å². The van der Waals surface area contributed by atoms with Crippen LogP contribution in [-0.4, -0.2) is 5.97 Å². The molecular weight excluding hydrogens is 243 g/mol. The first-order valence-electron chi connectivity index (χ1n) is 6.79. The maximum absolute atomic E-state index is 13.4. The summed E-state index contributed by atoms with van der Waals surface area (Å²) in [7, 11) is 0. The summed E-state index contributed by atoms with van der Waals surface area (Å²) in [6, 6.07) is 9.35. The zero-order valence-corrected chi connectivity index (χ0v) is 11.4. The summed E-state index contributed by atoms with van der Waals surface area (Å²) in [4.78, 5) is 11.4. The van der Waals surface area contributed by atoms with Crippen molar-refractivity contribution in [1.29, 1.82) is 0 Å². The Bertz CT molecular complexity index is 398. The Hall–Kier alpha value is -1.64. The molecule has 19 heavy (non-hydrogen) atoms. The molecule has 0 heterocycles. The standard InChI is InChI=1S/C16H21FO2/c1-2-3-4-8-11-15(17)12-16(18)19-13-14-9-6-5-7-10-14/h5-7,9-10,12H,2-4,8,11,13H2,1H3/b15-12+. The topological polar surface area (TPSA) is 26.3 Å². The number of rotatable bonds is 8. The monoisotopic (exact) mass is 264 g/mol. The van der Waals surface area contributed by atoms with E-state index in [-0.39, 0.29) is 6.61 Å². The molecule has 0 atom stereocenters. The first kappa shape index (κ1) is 15.4. The minimum Gasteiger partial charge on any atom is -0.458 e. The van der Waals surface area contributed by atoms with Gasteiger partial charge < -0.3 is 4.74 Å². The highest BCUT2D eigenvalue weighted by Gasteiger charge is 2.03. The third-order valence-corrected chi connectivity index (χ3v) is 2.77. The van der Waals surface area contributed by atoms with Gasteiger partial charge in [-0.3, -0.25) is 0 Å². The lowest BCUT2D eigenvalue weighted by molar-refractivity contribution is -0.139. The number of hydrogen-bond acceptors (Lipinski definition) is 2. The molecule has 0 bridgehead atoms. The average Bonchev–Trinajstić information content (AvgIpc) is 2.42. The molecule has 3 heteroatoms. The number of carbonyl (C=O) groups excluding carboxylic acids is 1. The summed E-state index contributed by atoms with van der Waals surface area (Å²) in [5.41, 5.74) is 0.896. The van der Waals surface area contributed by atoms with Crippen molar-refractivity contribution in [3.8, 4) is 0 Å². The van der Waals surface area contributed by atoms with Crippen LogP contribution in [0.3, 0.4) is 0 Å². The van der Waals surface area contributed by atoms with E-state index in [1.54, 1.807) is 0 Å². The zero-order chi connectivity index (χ0) is 13.9. The molecule has 0 saturated heterocycles. The predicted octanol–water partition coefficient (Wildman–Crippen LogP) is 4.55. The van der Waals surface area contributed by atoms with Gasteiger partial charge in [0.05, 0.1) is 6.08 Å². The van der Waals surface area contributed by atoms with E-state index in [9.17, 15) is 9.18 Å². The van der Waals surface area contributed by atoms with Crippen LogP contribution in [0.1, 0.15) is 44.6 Å². The van der Waals surface area contributed by atoms with E-state index >= 15 is 0 Å². The van der Waals surface area contributed by atoms with Crippen molar-refractivity contribution in [2.45, 2.75) is 45.6 Å². The van der Waals surface area contributed by atoms with E-state index in [4.69, 9.17) is 4.74 Å². The van der Waals surface area contributed by atoms with Crippen molar-refractivity contribution in [2.75, 3.05) is 0 Å². The average molecular weight is 264 g/mol. The quantitative estimate of drug-likeness (QED) is 0.391. The van der Waals surface area contributed by atoms with E-state index in [1.807, 2.05) is 30.3 Å². The zero-order valence-electron chi connectivity index (χ0n) is 11.4. The molecule has 0 unspecified atom stereocenters. The van der Waals surface area contributed by atoms with Crippen LogP contribution in [0.4, 0.5) is 4.39 Å². The first-order valence-corrected chi connectivity index (χ1v) is 6.79. The van der Waals surface area contributed by atoms with Crippen LogP contribution < -0.4 is 0 Å². The molecule has 2 nitrogen and oxygen atoms in total. The van der Waals surface area contributed by atoms with Gasteiger partial charge in [0.1, 0.15) is 12.4 Å². The fourth-order valence-corrected chi connectivity index (χ4v) is 1.69. The summed E-state index contributed by atoms with van der Waals surface area (Å²) in [6.45, 7) is 2.28. The summed E-state index contributed by atoms with van der Waals surface area (Å²) in [6.07, 6.45) is 5.27. The van der Waals surface area contributed by atoms with Crippen molar-refractivity contribution < 1.29 is 13.9 Å². The molecular formula is C16H21FO2. The van der Waals surface area contributed by atoms with E-state index in [1.165, 1.54) is 0 Å². The van der Waals surface area contributed by atoms with Crippen LogP contribution in [0.5, 0.6) is 0 Å². The molecule has 1 aromatic rings. The molecule has 0 fully saturated rings. The maximum atomic E-state index is 13.4. The fourth-order valence-electron chi connectivity index (χ4n) is 1.69. The lowest BCUT2D eigenvalue weighted by Crippen LogP contribution is -2.01. The van der Waals surface area contributed by atoms with Crippen molar-refractivity contribution in [1.82, 2.24) is 0 Å². The third kappa shape index (κ3) is 7.39. The highest BCUT2D eigenvalue weighted by molar-refractivity contribution is 5.82. The van der Waals surface area contributed by atoms with Gasteiger partial charge in [-0.05, 0) is 18.4 Å². The number of unbranched alkanes of at least 4 members (excludes halogenated alkanes) is 3. The normalized spacial score (nSPS) is 11.4. The van der Waals surface area contributed by atoms with Crippen molar-refractivity contribution in [2.24, 2.45) is 0 Å². The first-order chi connectivity index (χ1) is 9.22. The lowest BCUT2D eigenvalue weighted by Gasteiger charge is -2.02. The highest BCUT2D eigenvalue weighted by Crippen LogP contribution is 2.11. The van der Waals surface area contributed by atoms with E-state index in [2.05, 4.69) is 6.92 Å². The summed E-state index contributed by atoms with van der Waals surface area (Å²) >= 11 is 0. The number of carbonyl (C=O) groups is 1. The van der Waals surface area contributed by atoms with Crippen LogP contribution in [0.2, 0.25) is 0 Å². The lowest BCUT2D eigenvalue weighted by atomic mass is 10.1. The minimum atomic E-state index is -0.614. The van der Waals surface area contributed by atoms with Gasteiger partial charge in [0.25, 0.3) is 0 Å². The van der Waals surface area contributed by atoms with Gasteiger partial charge in [-0.2, -0.15) is 0 Å². The molecule has 0 amide bonds. The SMILES string of the molecule is CCCCCC/C(F)=C\C(=O)OCc1ccccc1. The summed E-state index contributed by atoms with van der Waals surface area (Å²) < 4.78 is 18.3. The third-order valence-electron chi connectivity index (χ3n) is 2.77.